The van der Waals surface area contributed by atoms with Crippen LogP contribution in [-0.2, 0) is 19.9 Å². The van der Waals surface area contributed by atoms with E-state index in [0.717, 1.165) is 32.2 Å². The summed E-state index contributed by atoms with van der Waals surface area (Å²) < 4.78 is 1.96. The molecule has 2 heterocycles. The van der Waals surface area contributed by atoms with Gasteiger partial charge in [0.1, 0.15) is 0 Å². The van der Waals surface area contributed by atoms with Gasteiger partial charge in [-0.1, -0.05) is 6.92 Å². The maximum absolute atomic E-state index is 4.22. The third-order valence-corrected chi connectivity index (χ3v) is 3.70. The first-order valence-electron chi connectivity index (χ1n) is 7.38. The van der Waals surface area contributed by atoms with E-state index >= 15 is 0 Å². The molecule has 0 radical (unpaired) electrons. The summed E-state index contributed by atoms with van der Waals surface area (Å²) >= 11 is 0. The minimum Gasteiger partial charge on any atom is -0.314 e. The number of aromatic nitrogens is 3. The zero-order chi connectivity index (χ0) is 14.2. The van der Waals surface area contributed by atoms with Crippen molar-refractivity contribution in [2.45, 2.75) is 38.6 Å². The molecule has 0 aliphatic rings. The van der Waals surface area contributed by atoms with Gasteiger partial charge in [-0.2, -0.15) is 5.10 Å². The van der Waals surface area contributed by atoms with Crippen LogP contribution in [0.1, 0.15) is 31.0 Å². The van der Waals surface area contributed by atoms with Crippen molar-refractivity contribution in [2.75, 3.05) is 6.54 Å². The zero-order valence-corrected chi connectivity index (χ0v) is 12.4. The molecule has 2 rings (SSSR count). The van der Waals surface area contributed by atoms with Crippen LogP contribution in [0.3, 0.4) is 0 Å². The average molecular weight is 272 g/mol. The van der Waals surface area contributed by atoms with E-state index in [1.165, 1.54) is 11.3 Å². The van der Waals surface area contributed by atoms with Crippen LogP contribution in [0.4, 0.5) is 0 Å². The lowest BCUT2D eigenvalue weighted by atomic mass is 10.0. The molecule has 0 amide bonds. The molecule has 0 saturated carbocycles. The summed E-state index contributed by atoms with van der Waals surface area (Å²) in [7, 11) is 2.01. The van der Waals surface area contributed by atoms with Crippen molar-refractivity contribution < 1.29 is 0 Å². The van der Waals surface area contributed by atoms with Crippen LogP contribution in [-0.4, -0.2) is 27.4 Å². The largest absolute Gasteiger partial charge is 0.314 e. The molecule has 0 bridgehead atoms. The number of aryl methyl sites for hydroxylation is 3. The van der Waals surface area contributed by atoms with Crippen LogP contribution in [0.2, 0.25) is 0 Å². The minimum atomic E-state index is 0.558. The number of hydrogen-bond acceptors (Lipinski definition) is 3. The van der Waals surface area contributed by atoms with Crippen LogP contribution >= 0.6 is 0 Å². The van der Waals surface area contributed by atoms with Crippen LogP contribution in [0.15, 0.2) is 36.8 Å². The average Bonchev–Trinajstić information content (AvgIpc) is 2.88. The molecule has 108 valence electrons. The smallest absolute Gasteiger partial charge is 0.0492 e. The van der Waals surface area contributed by atoms with Crippen molar-refractivity contribution in [2.24, 2.45) is 7.05 Å². The molecule has 1 atom stereocenters. The SMILES string of the molecule is CCNC(CCc1ccncc1)CCc1ccnn1C. The molecular weight excluding hydrogens is 248 g/mol. The molecule has 4 heteroatoms. The van der Waals surface area contributed by atoms with Gasteiger partial charge in [0.15, 0.2) is 0 Å². The van der Waals surface area contributed by atoms with Crippen molar-refractivity contribution in [3.8, 4) is 0 Å². The fourth-order valence-corrected chi connectivity index (χ4v) is 2.50. The Bertz CT molecular complexity index is 492. The number of pyridine rings is 1. The van der Waals surface area contributed by atoms with Gasteiger partial charge in [0.05, 0.1) is 0 Å². The summed E-state index contributed by atoms with van der Waals surface area (Å²) in [6.45, 7) is 3.19. The number of nitrogens with one attached hydrogen (secondary N) is 1. The fourth-order valence-electron chi connectivity index (χ4n) is 2.50. The summed E-state index contributed by atoms with van der Waals surface area (Å²) in [5.74, 6) is 0. The Kier molecular flexibility index (Phi) is 5.74. The van der Waals surface area contributed by atoms with E-state index < -0.39 is 0 Å². The number of hydrogen-bond donors (Lipinski definition) is 1. The van der Waals surface area contributed by atoms with E-state index in [0.29, 0.717) is 6.04 Å². The van der Waals surface area contributed by atoms with E-state index in [2.05, 4.69) is 40.5 Å². The van der Waals surface area contributed by atoms with Crippen LogP contribution < -0.4 is 5.32 Å². The van der Waals surface area contributed by atoms with Gasteiger partial charge in [-0.25, -0.2) is 0 Å². The molecule has 0 saturated heterocycles. The number of rotatable bonds is 8. The molecule has 1 N–H and O–H groups in total. The molecule has 2 aromatic rings. The first-order valence-corrected chi connectivity index (χ1v) is 7.38. The standard InChI is InChI=1S/C16H24N4/c1-3-18-15(5-4-14-8-11-17-12-9-14)6-7-16-10-13-19-20(16)2/h8-13,15,18H,3-7H2,1-2H3. The second-order valence-corrected chi connectivity index (χ2v) is 5.13. The Balaban J connectivity index is 1.82. The molecule has 0 spiro atoms. The summed E-state index contributed by atoms with van der Waals surface area (Å²) in [4.78, 5) is 4.06. The minimum absolute atomic E-state index is 0.558. The van der Waals surface area contributed by atoms with Gasteiger partial charge in [-0.15, -0.1) is 0 Å². The second-order valence-electron chi connectivity index (χ2n) is 5.13. The Morgan fingerprint density at radius 3 is 2.50 bits per heavy atom. The van der Waals surface area contributed by atoms with Crippen molar-refractivity contribution in [3.63, 3.8) is 0 Å². The summed E-state index contributed by atoms with van der Waals surface area (Å²) in [6, 6.07) is 6.86. The maximum atomic E-state index is 4.22. The van der Waals surface area contributed by atoms with Crippen molar-refractivity contribution in [1.29, 1.82) is 0 Å². The van der Waals surface area contributed by atoms with Gasteiger partial charge in [0.2, 0.25) is 0 Å². The summed E-state index contributed by atoms with van der Waals surface area (Å²) in [5.41, 5.74) is 2.67. The predicted molar refractivity (Wildman–Crippen MR) is 81.6 cm³/mol. The lowest BCUT2D eigenvalue weighted by Crippen LogP contribution is -2.30. The topological polar surface area (TPSA) is 42.7 Å². The molecule has 0 fully saturated rings. The molecule has 4 nitrogen and oxygen atoms in total. The molecule has 0 aliphatic carbocycles. The van der Waals surface area contributed by atoms with E-state index in [-0.39, 0.29) is 0 Å². The second kappa shape index (κ2) is 7.80. The highest BCUT2D eigenvalue weighted by atomic mass is 15.2. The van der Waals surface area contributed by atoms with E-state index in [4.69, 9.17) is 0 Å². The van der Waals surface area contributed by atoms with E-state index in [1.807, 2.05) is 30.3 Å². The number of nitrogens with zero attached hydrogens (tertiary/aromatic N) is 3. The quantitative estimate of drug-likeness (QED) is 0.802. The molecule has 0 aliphatic heterocycles. The fraction of sp³-hybridized carbons (Fsp3) is 0.500. The van der Waals surface area contributed by atoms with Crippen LogP contribution in [0, 0.1) is 0 Å². The highest BCUT2D eigenvalue weighted by Gasteiger charge is 2.09. The van der Waals surface area contributed by atoms with Gasteiger partial charge >= 0.3 is 0 Å². The Hall–Kier alpha value is -1.68. The van der Waals surface area contributed by atoms with Crippen LogP contribution in [0.25, 0.3) is 0 Å². The normalized spacial score (nSPS) is 12.5. The van der Waals surface area contributed by atoms with Crippen LogP contribution in [0.5, 0.6) is 0 Å². The van der Waals surface area contributed by atoms with Gasteiger partial charge in [0.25, 0.3) is 0 Å². The third-order valence-electron chi connectivity index (χ3n) is 3.70. The summed E-state index contributed by atoms with van der Waals surface area (Å²) in [6.07, 6.45) is 10.1. The molecule has 0 aromatic carbocycles. The highest BCUT2D eigenvalue weighted by molar-refractivity contribution is 5.10. The molecular formula is C16H24N4. The maximum Gasteiger partial charge on any atom is 0.0492 e. The van der Waals surface area contributed by atoms with E-state index in [1.54, 1.807) is 0 Å². The highest BCUT2D eigenvalue weighted by Crippen LogP contribution is 2.10. The lowest BCUT2D eigenvalue weighted by molar-refractivity contribution is 0.458. The van der Waals surface area contributed by atoms with Crippen molar-refractivity contribution >= 4 is 0 Å². The first-order chi connectivity index (χ1) is 9.79. The van der Waals surface area contributed by atoms with Gasteiger partial charge in [-0.05, 0) is 56.0 Å². The van der Waals surface area contributed by atoms with E-state index in [9.17, 15) is 0 Å². The van der Waals surface area contributed by atoms with Gasteiger partial charge in [-0.3, -0.25) is 9.67 Å². The lowest BCUT2D eigenvalue weighted by Gasteiger charge is -2.18. The van der Waals surface area contributed by atoms with Crippen molar-refractivity contribution in [1.82, 2.24) is 20.1 Å². The Labute approximate surface area is 121 Å². The summed E-state index contributed by atoms with van der Waals surface area (Å²) in [5, 5.41) is 7.81. The predicted octanol–water partition coefficient (Wildman–Crippen LogP) is 2.36. The monoisotopic (exact) mass is 272 g/mol. The van der Waals surface area contributed by atoms with Crippen molar-refractivity contribution in [3.05, 3.63) is 48.0 Å². The third kappa shape index (κ3) is 4.46. The molecule has 20 heavy (non-hydrogen) atoms. The van der Waals surface area contributed by atoms with Gasteiger partial charge in [0, 0.05) is 37.4 Å². The van der Waals surface area contributed by atoms with Gasteiger partial charge < -0.3 is 5.32 Å². The zero-order valence-electron chi connectivity index (χ0n) is 12.4. The molecule has 2 aromatic heterocycles. The first kappa shape index (κ1) is 14.7. The molecule has 1 unspecified atom stereocenters. The Morgan fingerprint density at radius 2 is 1.85 bits per heavy atom. The Morgan fingerprint density at radius 1 is 1.10 bits per heavy atom.